The molecule has 4 fully saturated rings. The Morgan fingerprint density at radius 3 is 0.535 bits per heavy atom. The van der Waals surface area contributed by atoms with Gasteiger partial charge in [0.2, 0.25) is 0 Å². The van der Waals surface area contributed by atoms with Gasteiger partial charge in [0.1, 0.15) is 79.4 Å². The Morgan fingerprint density at radius 2 is 0.327 bits per heavy atom. The van der Waals surface area contributed by atoms with Crippen LogP contribution in [0.15, 0.2) is 0 Å². The second kappa shape index (κ2) is 33.0. The van der Waals surface area contributed by atoms with E-state index in [-0.39, 0.29) is 0 Å². The predicted octanol–water partition coefficient (Wildman–Crippen LogP) is -12.2. The average molecular weight is 1790 g/mol. The number of hydrogen-bond donors (Lipinski definition) is 14. The van der Waals surface area contributed by atoms with Gasteiger partial charge in [-0.2, -0.15) is 118 Å². The molecule has 4 aliphatic rings. The molecule has 14 N–H and O–H groups in total. The summed E-state index contributed by atoms with van der Waals surface area (Å²) in [5.41, 5.74) is 0. The van der Waals surface area contributed by atoms with Gasteiger partial charge >= 0.3 is 146 Å². The molecule has 0 aromatic rings. The summed E-state index contributed by atoms with van der Waals surface area (Å²) in [4.78, 5) is 0. The van der Waals surface area contributed by atoms with Crippen molar-refractivity contribution in [1.82, 2.24) is 0 Å². The number of ether oxygens (including phenoxy) is 7. The van der Waals surface area contributed by atoms with Crippen molar-refractivity contribution in [3.8, 4) is 0 Å². The zero-order valence-corrected chi connectivity index (χ0v) is 57.8. The summed E-state index contributed by atoms with van der Waals surface area (Å²) < 4.78 is 574. The minimum absolute atomic E-state index is 2.21. The Hall–Kier alpha value is -2.10. The highest BCUT2D eigenvalue weighted by Gasteiger charge is 2.63. The molecule has 600 valence electrons. The van der Waals surface area contributed by atoms with E-state index in [1.54, 1.807) is 0 Å². The zero-order valence-electron chi connectivity index (χ0n) is 46.4. The lowest BCUT2D eigenvalue weighted by atomic mass is 9.96. The second-order valence-corrected chi connectivity index (χ2v) is 33.1. The van der Waals surface area contributed by atoms with E-state index in [4.69, 9.17) is 33.2 Å². The summed E-state index contributed by atoms with van der Waals surface area (Å²) in [6.45, 7) is -9.35. The van der Waals surface area contributed by atoms with Gasteiger partial charge in [-0.1, -0.05) is 0 Å². The van der Waals surface area contributed by atoms with E-state index in [0.29, 0.717) is 0 Å². The monoisotopic (exact) mass is 1790 g/mol. The summed E-state index contributed by atoms with van der Waals surface area (Å²) in [5, 5.41) is 0. The van der Waals surface area contributed by atoms with Crippen molar-refractivity contribution in [3.05, 3.63) is 0 Å². The second-order valence-electron chi connectivity index (χ2n) is 18.2. The molecule has 4 heterocycles. The van der Waals surface area contributed by atoms with Crippen LogP contribution in [0.2, 0.25) is 0 Å². The van der Waals surface area contributed by atoms with Crippen LogP contribution in [0.5, 0.6) is 0 Å². The molecule has 0 spiro atoms. The minimum Gasteiger partial charge on any atom is -0.341 e. The van der Waals surface area contributed by atoms with Gasteiger partial charge in [-0.3, -0.25) is 63.7 Å². The third-order valence-electron chi connectivity index (χ3n) is 11.1. The summed E-state index contributed by atoms with van der Waals surface area (Å²) >= 11 is 0. The highest BCUT2D eigenvalue weighted by molar-refractivity contribution is 7.84. The van der Waals surface area contributed by atoms with Crippen molar-refractivity contribution in [2.75, 3.05) is 26.4 Å². The maximum atomic E-state index is 12.9. The van der Waals surface area contributed by atoms with Crippen molar-refractivity contribution in [1.29, 1.82) is 0 Å². The van der Waals surface area contributed by atoms with Crippen molar-refractivity contribution < 1.29 is 273 Å². The highest BCUT2D eigenvalue weighted by Crippen LogP contribution is 2.42. The number of hydrogen-bond acceptors (Lipinski definition) is 49. The fourth-order valence-corrected chi connectivity index (χ4v) is 14.6. The first-order valence-corrected chi connectivity index (χ1v) is 42.4. The fraction of sp³-hybridized carbons (Fsp3) is 1.00. The summed E-state index contributed by atoms with van der Waals surface area (Å²) in [6.07, 6.45) is -74.8. The molecule has 63 nitrogen and oxygen atoms in total. The molecule has 4 rings (SSSR count). The lowest BCUT2D eigenvalue weighted by Gasteiger charge is -2.50. The average Bonchev–Trinajstić information content (AvgIpc) is 0.755. The Morgan fingerprint density at radius 1 is 0.178 bits per heavy atom. The number of rotatable bonds is 38. The summed E-state index contributed by atoms with van der Waals surface area (Å²) in [5.74, 6) is 0. The molecule has 0 saturated carbocycles. The molecule has 0 unspecified atom stereocenters. The van der Waals surface area contributed by atoms with Crippen LogP contribution in [0.25, 0.3) is 0 Å². The van der Waals surface area contributed by atoms with Crippen molar-refractivity contribution in [3.63, 3.8) is 0 Å². The van der Waals surface area contributed by atoms with E-state index in [9.17, 15) is 182 Å². The smallest absolute Gasteiger partial charge is 0.341 e. The van der Waals surface area contributed by atoms with Gasteiger partial charge in [0, 0.05) is 0 Å². The van der Waals surface area contributed by atoms with Crippen molar-refractivity contribution in [2.45, 2.75) is 123 Å². The first-order chi connectivity index (χ1) is 44.7. The Labute approximate surface area is 564 Å². The lowest BCUT2D eigenvalue weighted by molar-refractivity contribution is -0.393. The SMILES string of the molecule is O=S(=O)(O)OC[C@@H]1O[C@H](O[C@H]2O[C@@H](COS(=O)(=O)O)[C@@H](O[C@@H]3O[C@@H](COS(=O)(=O)O)[C@@H](OS(=O)(=O)O)[C@H](OS(=O)(=O)O)[C@@H]3O[C@H]3O[C@@H](COS(=O)(=O)O)[C@H](OS(=O)(=O)O)[C@H](OS(=O)(=O)O)[C@@H]3OS(=O)(=O)O)[C@H](OS(=O)(=O)O)[C@@H]2OS(=O)(=O)O)[C@@H](OS(=O)(=O)O)[C@@H](OS(=O)(=O)O)[C@H]1OS(=O)(=O)O. The summed E-state index contributed by atoms with van der Waals surface area (Å²) in [6, 6.07) is 0. The Balaban J connectivity index is 2.27. The first-order valence-electron chi connectivity index (χ1n) is 23.3. The zero-order chi connectivity index (χ0) is 78.2. The molecule has 4 saturated heterocycles. The maximum Gasteiger partial charge on any atom is 0.397 e. The molecule has 20 atom stereocenters. The van der Waals surface area contributed by atoms with E-state index in [1.165, 1.54) is 0 Å². The van der Waals surface area contributed by atoms with Crippen LogP contribution in [0.1, 0.15) is 0 Å². The Bertz CT molecular complexity index is 4610. The van der Waals surface area contributed by atoms with Gasteiger partial charge in [-0.15, -0.1) is 0 Å². The summed E-state index contributed by atoms with van der Waals surface area (Å²) in [7, 11) is -90.8. The van der Waals surface area contributed by atoms with Crippen LogP contribution in [-0.2, 0) is 237 Å². The van der Waals surface area contributed by atoms with Gasteiger partial charge in [0.05, 0.1) is 26.4 Å². The lowest BCUT2D eigenvalue weighted by Crippen LogP contribution is -2.69. The molecule has 0 aromatic heterocycles. The topological polar surface area (TPSA) is 955 Å². The minimum atomic E-state index is -6.87. The van der Waals surface area contributed by atoms with Crippen LogP contribution >= 0.6 is 0 Å². The molecule has 0 aromatic carbocycles. The largest absolute Gasteiger partial charge is 0.397 e. The third kappa shape index (κ3) is 33.5. The van der Waals surface area contributed by atoms with Crippen molar-refractivity contribution in [2.24, 2.45) is 0 Å². The van der Waals surface area contributed by atoms with Crippen LogP contribution in [0.4, 0.5) is 0 Å². The molecule has 4 aliphatic heterocycles. The molecule has 77 heteroatoms. The van der Waals surface area contributed by atoms with E-state index in [2.05, 4.69) is 58.6 Å². The standard InChI is InChI=1S/C24H42O63S14/c25-88(26,27)67-1-5-9(13(81-95(46,47)48)18(85-99(58,59)60)23(71-5)77-24-20(87-101(64,65)66)16(84-98(55,56)57)12(80-94(43,44)45)8(74-24)4-70-91(34,35)36)75-21-17(14(82-96(49,50)51)10(78-92(37,38)39)6(72-21)2-68-89(28,29)30)76-22-19(86-100(61,62)63)15(83-97(52,53)54)11(79-93(40,41)42)7(73-22)3-69-90(31,32)33/h5-24H,1-4H2,(H,25,26,27)(H,28,29,30)(H,31,32,33)(H,34,35,36)(H,37,38,39)(H,40,41,42)(H,43,44,45)(H,46,47,48)(H,49,50,51)(H,52,53,54)(H,55,56,57)(H,58,59,60)(H,61,62,63)(H,64,65,66)/t5-,6-,7-,8-,9+,10+,11-,12-,13-,14-,15-,16-,17-,18-,19-,20-,21-,22+,23+,24+/m0/s1. The van der Waals surface area contributed by atoms with Gasteiger partial charge < -0.3 is 33.2 Å². The van der Waals surface area contributed by atoms with Crippen LogP contribution in [-0.4, -0.2) is 331 Å². The normalized spacial score (nSPS) is 32.5. The van der Waals surface area contributed by atoms with Gasteiger partial charge in [-0.05, 0) is 0 Å². The van der Waals surface area contributed by atoms with Crippen LogP contribution < -0.4 is 0 Å². The quantitative estimate of drug-likeness (QED) is 0.0255. The van der Waals surface area contributed by atoms with E-state index < -0.39 is 295 Å². The maximum absolute atomic E-state index is 12.9. The van der Waals surface area contributed by atoms with Crippen LogP contribution in [0, 0.1) is 0 Å². The molecular formula is C24H42O63S14. The van der Waals surface area contributed by atoms with Crippen LogP contribution in [0.3, 0.4) is 0 Å². The van der Waals surface area contributed by atoms with Gasteiger partial charge in [-0.25, -0.2) is 58.6 Å². The molecule has 0 aliphatic carbocycles. The molecule has 101 heavy (non-hydrogen) atoms. The van der Waals surface area contributed by atoms with E-state index in [0.717, 1.165) is 0 Å². The molecule has 0 bridgehead atoms. The molecular weight excluding hydrogens is 1750 g/mol. The highest BCUT2D eigenvalue weighted by atomic mass is 32.3. The first kappa shape index (κ1) is 91.3. The van der Waals surface area contributed by atoms with Crippen molar-refractivity contribution >= 4 is 146 Å². The van der Waals surface area contributed by atoms with E-state index >= 15 is 0 Å². The molecule has 0 radical (unpaired) electrons. The van der Waals surface area contributed by atoms with Gasteiger partial charge in [0.25, 0.3) is 0 Å². The Kier molecular flexibility index (Phi) is 29.8. The predicted molar refractivity (Wildman–Crippen MR) is 280 cm³/mol. The molecule has 0 amide bonds. The third-order valence-corrected chi connectivity index (χ3v) is 17.5. The van der Waals surface area contributed by atoms with E-state index in [1.807, 2.05) is 0 Å². The fourth-order valence-electron chi connectivity index (χ4n) is 8.35. The van der Waals surface area contributed by atoms with Gasteiger partial charge in [0.15, 0.2) is 43.5 Å².